The van der Waals surface area contributed by atoms with Gasteiger partial charge < -0.3 is 13.7 Å². The molecule has 0 amide bonds. The number of hydrogen-bond acceptors (Lipinski definition) is 1. The molecule has 212 valence electrons. The second-order valence-electron chi connectivity index (χ2n) is 12.4. The van der Waals surface area contributed by atoms with Crippen LogP contribution in [0.25, 0.3) is 65.4 Å². The predicted molar refractivity (Wildman–Crippen MR) is 191 cm³/mol. The highest BCUT2D eigenvalue weighted by atomic mass is 15.1. The second-order valence-corrected chi connectivity index (χ2v) is 12.4. The van der Waals surface area contributed by atoms with E-state index in [-0.39, 0.29) is 0 Å². The molecule has 0 atom stereocenters. The van der Waals surface area contributed by atoms with Gasteiger partial charge in [-0.25, -0.2) is 0 Å². The van der Waals surface area contributed by atoms with Crippen molar-refractivity contribution in [2.75, 3.05) is 4.90 Å². The van der Waals surface area contributed by atoms with Gasteiger partial charge in [0.25, 0.3) is 0 Å². The third-order valence-electron chi connectivity index (χ3n) is 9.72. The summed E-state index contributed by atoms with van der Waals surface area (Å²) in [5.74, 6) is 0. The first-order chi connectivity index (χ1) is 22.2. The zero-order valence-electron chi connectivity index (χ0n) is 25.1. The summed E-state index contributed by atoms with van der Waals surface area (Å²) in [6, 6.07) is 51.4. The molecule has 0 aliphatic rings. The molecular weight excluding hydrogens is 546 g/mol. The van der Waals surface area contributed by atoms with Crippen molar-refractivity contribution in [1.29, 1.82) is 0 Å². The molecule has 45 heavy (non-hydrogen) atoms. The number of para-hydroxylation sites is 2. The van der Waals surface area contributed by atoms with Crippen LogP contribution in [0.5, 0.6) is 0 Å². The Labute approximate surface area is 260 Å². The Morgan fingerprint density at radius 3 is 1.31 bits per heavy atom. The van der Waals surface area contributed by atoms with Crippen molar-refractivity contribution in [2.45, 2.75) is 13.8 Å². The SMILES string of the molecule is Cc1ccc(N(c2ccc(C)cc2)c2ccc3c(c2)n2c4ccccc4c4c5ccccc5c5c6ccccc6n3c5c42)cc1. The lowest BCUT2D eigenvalue weighted by Gasteiger charge is -2.26. The lowest BCUT2D eigenvalue weighted by molar-refractivity contribution is 1.23. The van der Waals surface area contributed by atoms with E-state index in [1.54, 1.807) is 0 Å². The van der Waals surface area contributed by atoms with Crippen LogP contribution in [0.3, 0.4) is 0 Å². The number of hydrogen-bond donors (Lipinski definition) is 0. The standard InChI is InChI=1S/C42H29N3/c1-26-15-19-28(20-16-26)43(29-21-17-27(2)18-22-29)30-23-24-37-38(25-30)45-36-14-8-6-12-34(36)40-32-10-4-3-9-31(32)39-33-11-5-7-13-35(33)44(37)41(39)42(40)45/h3-25H,1-2H3. The van der Waals surface area contributed by atoms with Gasteiger partial charge in [-0.2, -0.15) is 0 Å². The smallest absolute Gasteiger partial charge is 0.0796 e. The summed E-state index contributed by atoms with van der Waals surface area (Å²) in [6.07, 6.45) is 0. The fourth-order valence-electron chi connectivity index (χ4n) is 7.75. The third-order valence-corrected chi connectivity index (χ3v) is 9.72. The molecule has 3 heterocycles. The summed E-state index contributed by atoms with van der Waals surface area (Å²) in [5.41, 5.74) is 13.3. The number of aryl methyl sites for hydroxylation is 2. The molecule has 0 aliphatic heterocycles. The summed E-state index contributed by atoms with van der Waals surface area (Å²) in [6.45, 7) is 4.29. The van der Waals surface area contributed by atoms with Crippen LogP contribution in [-0.4, -0.2) is 8.80 Å². The Morgan fingerprint density at radius 1 is 0.378 bits per heavy atom. The molecule has 3 heteroatoms. The van der Waals surface area contributed by atoms with E-state index in [0.29, 0.717) is 0 Å². The number of benzene rings is 7. The first kappa shape index (κ1) is 24.6. The average molecular weight is 576 g/mol. The van der Waals surface area contributed by atoms with Crippen molar-refractivity contribution in [3.05, 3.63) is 151 Å². The molecule has 0 fully saturated rings. The van der Waals surface area contributed by atoms with E-state index >= 15 is 0 Å². The van der Waals surface area contributed by atoms with Crippen LogP contribution in [0.1, 0.15) is 11.1 Å². The van der Waals surface area contributed by atoms with Gasteiger partial charge in [0.2, 0.25) is 0 Å². The van der Waals surface area contributed by atoms with Crippen molar-refractivity contribution in [3.63, 3.8) is 0 Å². The van der Waals surface area contributed by atoms with Crippen LogP contribution in [0, 0.1) is 13.8 Å². The number of anilines is 3. The van der Waals surface area contributed by atoms with Crippen LogP contribution < -0.4 is 4.90 Å². The molecule has 0 saturated carbocycles. The number of rotatable bonds is 3. The molecular formula is C42H29N3. The average Bonchev–Trinajstić information content (AvgIpc) is 3.61. The van der Waals surface area contributed by atoms with Crippen LogP contribution in [-0.2, 0) is 0 Å². The largest absolute Gasteiger partial charge is 0.310 e. The van der Waals surface area contributed by atoms with Crippen molar-refractivity contribution < 1.29 is 0 Å². The number of nitrogens with zero attached hydrogens (tertiary/aromatic N) is 3. The maximum atomic E-state index is 2.53. The fourth-order valence-corrected chi connectivity index (χ4v) is 7.75. The van der Waals surface area contributed by atoms with E-state index in [1.165, 1.54) is 76.5 Å². The van der Waals surface area contributed by atoms with Gasteiger partial charge in [-0.15, -0.1) is 0 Å². The van der Waals surface area contributed by atoms with Crippen LogP contribution in [0.4, 0.5) is 17.1 Å². The fraction of sp³-hybridized carbons (Fsp3) is 0.0476. The van der Waals surface area contributed by atoms with Crippen LogP contribution >= 0.6 is 0 Å². The van der Waals surface area contributed by atoms with Crippen molar-refractivity contribution >= 4 is 82.5 Å². The van der Waals surface area contributed by atoms with Crippen LogP contribution in [0.15, 0.2) is 140 Å². The zero-order valence-corrected chi connectivity index (χ0v) is 25.1. The molecule has 10 aromatic rings. The molecule has 0 saturated heterocycles. The highest BCUT2D eigenvalue weighted by Gasteiger charge is 2.25. The van der Waals surface area contributed by atoms with Crippen LogP contribution in [0.2, 0.25) is 0 Å². The molecule has 0 N–H and O–H groups in total. The van der Waals surface area contributed by atoms with Gasteiger partial charge in [-0.05, 0) is 79.2 Å². The maximum Gasteiger partial charge on any atom is 0.0796 e. The van der Waals surface area contributed by atoms with E-state index in [9.17, 15) is 0 Å². The summed E-state index contributed by atoms with van der Waals surface area (Å²) in [5, 5.41) is 7.84. The normalized spacial score (nSPS) is 12.2. The van der Waals surface area contributed by atoms with Crippen molar-refractivity contribution in [1.82, 2.24) is 8.80 Å². The lowest BCUT2D eigenvalue weighted by atomic mass is 9.98. The Kier molecular flexibility index (Phi) is 4.85. The Bertz CT molecular complexity index is 2710. The Balaban J connectivity index is 1.43. The summed E-state index contributed by atoms with van der Waals surface area (Å²) in [4.78, 5) is 2.38. The first-order valence-corrected chi connectivity index (χ1v) is 15.6. The highest BCUT2D eigenvalue weighted by Crippen LogP contribution is 2.47. The Hall–Kier alpha value is -5.80. The second kappa shape index (κ2) is 8.87. The summed E-state index contributed by atoms with van der Waals surface area (Å²) < 4.78 is 5.04. The molecule has 0 aliphatic carbocycles. The predicted octanol–water partition coefficient (Wildman–Crippen LogP) is 11.5. The molecule has 0 unspecified atom stereocenters. The molecule has 0 radical (unpaired) electrons. The van der Waals surface area contributed by atoms with E-state index in [2.05, 4.69) is 167 Å². The molecule has 3 nitrogen and oxygen atoms in total. The zero-order chi connectivity index (χ0) is 29.8. The maximum absolute atomic E-state index is 2.53. The minimum atomic E-state index is 1.13. The minimum absolute atomic E-state index is 1.13. The molecule has 7 aromatic carbocycles. The van der Waals surface area contributed by atoms with E-state index in [1.807, 2.05) is 0 Å². The van der Waals surface area contributed by atoms with Gasteiger partial charge in [-0.1, -0.05) is 96.1 Å². The van der Waals surface area contributed by atoms with Crippen molar-refractivity contribution in [2.24, 2.45) is 0 Å². The van der Waals surface area contributed by atoms with Gasteiger partial charge in [0, 0.05) is 38.6 Å². The third kappa shape index (κ3) is 3.25. The molecule has 10 rings (SSSR count). The minimum Gasteiger partial charge on any atom is -0.310 e. The monoisotopic (exact) mass is 575 g/mol. The molecule has 0 bridgehead atoms. The van der Waals surface area contributed by atoms with Gasteiger partial charge in [0.1, 0.15) is 0 Å². The lowest BCUT2D eigenvalue weighted by Crippen LogP contribution is -2.10. The quantitative estimate of drug-likeness (QED) is 0.191. The van der Waals surface area contributed by atoms with Gasteiger partial charge >= 0.3 is 0 Å². The van der Waals surface area contributed by atoms with Gasteiger partial charge in [0.05, 0.1) is 33.1 Å². The van der Waals surface area contributed by atoms with E-state index in [0.717, 1.165) is 17.1 Å². The number of aromatic nitrogens is 2. The summed E-state index contributed by atoms with van der Waals surface area (Å²) >= 11 is 0. The summed E-state index contributed by atoms with van der Waals surface area (Å²) in [7, 11) is 0. The topological polar surface area (TPSA) is 12.1 Å². The molecule has 0 spiro atoms. The highest BCUT2D eigenvalue weighted by molar-refractivity contribution is 6.37. The first-order valence-electron chi connectivity index (χ1n) is 15.6. The van der Waals surface area contributed by atoms with Gasteiger partial charge in [0.15, 0.2) is 0 Å². The van der Waals surface area contributed by atoms with Gasteiger partial charge in [-0.3, -0.25) is 0 Å². The van der Waals surface area contributed by atoms with E-state index in [4.69, 9.17) is 0 Å². The van der Waals surface area contributed by atoms with Crippen molar-refractivity contribution in [3.8, 4) is 0 Å². The number of fused-ring (bicyclic) bond motifs is 12. The molecule has 3 aromatic heterocycles. The van der Waals surface area contributed by atoms with E-state index < -0.39 is 0 Å². The Morgan fingerprint density at radius 2 is 0.800 bits per heavy atom.